The van der Waals surface area contributed by atoms with Crippen LogP contribution < -0.4 is 11.1 Å². The van der Waals surface area contributed by atoms with Gasteiger partial charge in [0.2, 0.25) is 5.91 Å². The molecule has 1 rings (SSSR count). The van der Waals surface area contributed by atoms with Crippen LogP contribution in [0.15, 0.2) is 12.1 Å². The Morgan fingerprint density at radius 3 is 2.78 bits per heavy atom. The average Bonchev–Trinajstić information content (AvgIpc) is 2.34. The summed E-state index contributed by atoms with van der Waals surface area (Å²) < 4.78 is 0. The Balaban J connectivity index is 2.72. The monoisotopic (exact) mass is 271 g/mol. The van der Waals surface area contributed by atoms with Crippen LogP contribution in [0.2, 0.25) is 5.15 Å². The molecule has 1 aromatic heterocycles. The van der Waals surface area contributed by atoms with Gasteiger partial charge in [0.25, 0.3) is 5.91 Å². The number of nitrogens with two attached hydrogens (primary N) is 1. The van der Waals surface area contributed by atoms with E-state index >= 15 is 0 Å². The number of hydrogen-bond acceptors (Lipinski definition) is 4. The predicted molar refractivity (Wildman–Crippen MR) is 66.2 cm³/mol. The average molecular weight is 272 g/mol. The molecule has 0 aliphatic rings. The molecule has 0 aromatic carbocycles. The van der Waals surface area contributed by atoms with Crippen molar-refractivity contribution in [2.75, 3.05) is 6.54 Å². The van der Waals surface area contributed by atoms with Crippen LogP contribution in [0.5, 0.6) is 0 Å². The largest absolute Gasteiger partial charge is 0.381 e. The number of aryl methyl sites for hydroxylation is 1. The van der Waals surface area contributed by atoms with E-state index in [1.54, 1.807) is 6.07 Å². The highest BCUT2D eigenvalue weighted by Gasteiger charge is 2.14. The Hall–Kier alpha value is -1.66. The standard InChI is InChI=1S/C11H14ClN3O3/c1-2-7-3-6(4-9(12)15-7)11(18)14-5-8(16)10(13)17/h3-4,8,16H,2,5H2,1H3,(H2,13,17)(H,14,18). The number of carbonyl (C=O) groups is 2. The van der Waals surface area contributed by atoms with Gasteiger partial charge in [0, 0.05) is 11.3 Å². The number of primary amides is 1. The van der Waals surface area contributed by atoms with Gasteiger partial charge in [-0.1, -0.05) is 18.5 Å². The van der Waals surface area contributed by atoms with E-state index in [-0.39, 0.29) is 11.7 Å². The van der Waals surface area contributed by atoms with E-state index in [9.17, 15) is 9.59 Å². The lowest BCUT2D eigenvalue weighted by molar-refractivity contribution is -0.125. The smallest absolute Gasteiger partial charge is 0.251 e. The summed E-state index contributed by atoms with van der Waals surface area (Å²) >= 11 is 5.77. The van der Waals surface area contributed by atoms with E-state index in [1.165, 1.54) is 6.07 Å². The van der Waals surface area contributed by atoms with Gasteiger partial charge in [-0.3, -0.25) is 9.59 Å². The van der Waals surface area contributed by atoms with E-state index in [2.05, 4.69) is 10.3 Å². The molecule has 1 atom stereocenters. The van der Waals surface area contributed by atoms with E-state index < -0.39 is 17.9 Å². The highest BCUT2D eigenvalue weighted by atomic mass is 35.5. The third-order valence-corrected chi connectivity index (χ3v) is 2.45. The number of rotatable bonds is 5. The van der Waals surface area contributed by atoms with Gasteiger partial charge in [-0.05, 0) is 18.6 Å². The second-order valence-corrected chi connectivity index (χ2v) is 4.04. The number of nitrogens with one attached hydrogen (secondary N) is 1. The molecule has 0 saturated heterocycles. The number of nitrogens with zero attached hydrogens (tertiary/aromatic N) is 1. The maximum absolute atomic E-state index is 11.7. The van der Waals surface area contributed by atoms with Gasteiger partial charge in [-0.25, -0.2) is 4.98 Å². The first kappa shape index (κ1) is 14.4. The summed E-state index contributed by atoms with van der Waals surface area (Å²) in [5, 5.41) is 11.7. The van der Waals surface area contributed by atoms with Gasteiger partial charge >= 0.3 is 0 Å². The number of aliphatic hydroxyl groups is 1. The summed E-state index contributed by atoms with van der Waals surface area (Å²) in [4.78, 5) is 26.3. The van der Waals surface area contributed by atoms with Crippen molar-refractivity contribution in [3.05, 3.63) is 28.5 Å². The summed E-state index contributed by atoms with van der Waals surface area (Å²) in [6.07, 6.45) is -0.762. The predicted octanol–water partition coefficient (Wildman–Crippen LogP) is -0.127. The first-order valence-electron chi connectivity index (χ1n) is 5.36. The van der Waals surface area contributed by atoms with Crippen LogP contribution in [0.3, 0.4) is 0 Å². The van der Waals surface area contributed by atoms with Crippen molar-refractivity contribution in [1.29, 1.82) is 0 Å². The fraction of sp³-hybridized carbons (Fsp3) is 0.364. The molecule has 6 nitrogen and oxygen atoms in total. The third-order valence-electron chi connectivity index (χ3n) is 2.26. The molecule has 0 saturated carbocycles. The van der Waals surface area contributed by atoms with Crippen molar-refractivity contribution in [1.82, 2.24) is 10.3 Å². The Labute approximate surface area is 109 Å². The Morgan fingerprint density at radius 1 is 1.56 bits per heavy atom. The minimum absolute atomic E-state index is 0.218. The third kappa shape index (κ3) is 3.97. The van der Waals surface area contributed by atoms with Crippen molar-refractivity contribution < 1.29 is 14.7 Å². The minimum atomic E-state index is -1.41. The molecular weight excluding hydrogens is 258 g/mol. The molecule has 4 N–H and O–H groups in total. The fourth-order valence-corrected chi connectivity index (χ4v) is 1.48. The van der Waals surface area contributed by atoms with Crippen LogP contribution in [0, 0.1) is 0 Å². The lowest BCUT2D eigenvalue weighted by Gasteiger charge is -2.09. The van der Waals surface area contributed by atoms with Crippen molar-refractivity contribution in [2.45, 2.75) is 19.4 Å². The minimum Gasteiger partial charge on any atom is -0.381 e. The van der Waals surface area contributed by atoms with Gasteiger partial charge in [0.15, 0.2) is 0 Å². The first-order chi connectivity index (χ1) is 8.43. The normalized spacial score (nSPS) is 11.9. The van der Waals surface area contributed by atoms with E-state index in [4.69, 9.17) is 22.4 Å². The lowest BCUT2D eigenvalue weighted by Crippen LogP contribution is -2.40. The second-order valence-electron chi connectivity index (χ2n) is 3.65. The maximum atomic E-state index is 11.7. The van der Waals surface area contributed by atoms with Gasteiger partial charge in [-0.2, -0.15) is 0 Å². The molecule has 2 amide bonds. The molecule has 98 valence electrons. The molecule has 0 spiro atoms. The fourth-order valence-electron chi connectivity index (χ4n) is 1.26. The van der Waals surface area contributed by atoms with Crippen molar-refractivity contribution in [3.63, 3.8) is 0 Å². The van der Waals surface area contributed by atoms with Gasteiger partial charge in [0.05, 0.1) is 6.54 Å². The Morgan fingerprint density at radius 2 is 2.22 bits per heavy atom. The number of hydrogen-bond donors (Lipinski definition) is 3. The van der Waals surface area contributed by atoms with E-state index in [0.717, 1.165) is 0 Å². The summed E-state index contributed by atoms with van der Waals surface area (Å²) in [5.41, 5.74) is 5.87. The maximum Gasteiger partial charge on any atom is 0.251 e. The molecule has 18 heavy (non-hydrogen) atoms. The number of aromatic nitrogens is 1. The van der Waals surface area contributed by atoms with Crippen LogP contribution in [-0.4, -0.2) is 34.6 Å². The molecule has 0 aliphatic heterocycles. The molecular formula is C11H14ClN3O3. The SMILES string of the molecule is CCc1cc(C(=O)NCC(O)C(N)=O)cc(Cl)n1. The number of carbonyl (C=O) groups excluding carboxylic acids is 2. The topological polar surface area (TPSA) is 105 Å². The molecule has 0 bridgehead atoms. The Kier molecular flexibility index (Phi) is 5.06. The number of aliphatic hydroxyl groups excluding tert-OH is 1. The van der Waals surface area contributed by atoms with E-state index in [0.29, 0.717) is 17.7 Å². The highest BCUT2D eigenvalue weighted by Crippen LogP contribution is 2.11. The van der Waals surface area contributed by atoms with Gasteiger partial charge in [0.1, 0.15) is 11.3 Å². The zero-order valence-corrected chi connectivity index (χ0v) is 10.6. The zero-order chi connectivity index (χ0) is 13.7. The summed E-state index contributed by atoms with van der Waals surface area (Å²) in [6, 6.07) is 3.00. The number of halogens is 1. The Bertz CT molecular complexity index is 465. The first-order valence-corrected chi connectivity index (χ1v) is 5.74. The lowest BCUT2D eigenvalue weighted by atomic mass is 10.2. The van der Waals surface area contributed by atoms with Crippen LogP contribution in [0.1, 0.15) is 23.0 Å². The molecule has 7 heteroatoms. The number of pyridine rings is 1. The quantitative estimate of drug-likeness (QED) is 0.649. The molecule has 0 aliphatic carbocycles. The molecule has 1 unspecified atom stereocenters. The summed E-state index contributed by atoms with van der Waals surface area (Å²) in [5.74, 6) is -1.34. The van der Waals surface area contributed by atoms with Crippen LogP contribution in [0.4, 0.5) is 0 Å². The molecule has 0 radical (unpaired) electrons. The van der Waals surface area contributed by atoms with Crippen LogP contribution in [0.25, 0.3) is 0 Å². The second kappa shape index (κ2) is 6.32. The van der Waals surface area contributed by atoms with Gasteiger partial charge < -0.3 is 16.2 Å². The van der Waals surface area contributed by atoms with E-state index in [1.807, 2.05) is 6.92 Å². The highest BCUT2D eigenvalue weighted by molar-refractivity contribution is 6.29. The molecule has 0 fully saturated rings. The van der Waals surface area contributed by atoms with Crippen LogP contribution in [-0.2, 0) is 11.2 Å². The number of amides is 2. The van der Waals surface area contributed by atoms with Crippen LogP contribution >= 0.6 is 11.6 Å². The summed E-state index contributed by atoms with van der Waals surface area (Å²) in [6.45, 7) is 1.65. The van der Waals surface area contributed by atoms with Crippen molar-refractivity contribution in [3.8, 4) is 0 Å². The van der Waals surface area contributed by atoms with Crippen molar-refractivity contribution in [2.24, 2.45) is 5.73 Å². The summed E-state index contributed by atoms with van der Waals surface area (Å²) in [7, 11) is 0. The molecule has 1 aromatic rings. The molecule has 1 heterocycles. The van der Waals surface area contributed by atoms with Crippen molar-refractivity contribution >= 4 is 23.4 Å². The zero-order valence-electron chi connectivity index (χ0n) is 9.81. The van der Waals surface area contributed by atoms with Gasteiger partial charge in [-0.15, -0.1) is 0 Å².